The summed E-state index contributed by atoms with van der Waals surface area (Å²) in [5.41, 5.74) is 8.25. The van der Waals surface area contributed by atoms with Gasteiger partial charge in [-0.1, -0.05) is 92.7 Å². The second-order valence-corrected chi connectivity index (χ2v) is 14.2. The first-order valence-corrected chi connectivity index (χ1v) is 17.2. The van der Waals surface area contributed by atoms with Gasteiger partial charge in [-0.2, -0.15) is 4.31 Å². The highest BCUT2D eigenvalue weighted by Crippen LogP contribution is 2.33. The molecule has 4 aromatic rings. The normalized spacial score (nSPS) is 13.1. The molecular weight excluding hydrogens is 625 g/mol. The number of benzene rings is 3. The predicted octanol–water partition coefficient (Wildman–Crippen LogP) is 5.17. The van der Waals surface area contributed by atoms with E-state index < -0.39 is 46.6 Å². The first-order valence-electron chi connectivity index (χ1n) is 15.0. The van der Waals surface area contributed by atoms with E-state index in [1.807, 2.05) is 74.5 Å². The monoisotopic (exact) mass is 664 g/mol. The lowest BCUT2D eigenvalue weighted by atomic mass is 9.85. The van der Waals surface area contributed by atoms with Crippen molar-refractivity contribution in [2.75, 3.05) is 20.3 Å². The van der Waals surface area contributed by atoms with Crippen LogP contribution in [0.15, 0.2) is 102 Å². The molecule has 4 rings (SSSR count). The molecule has 46 heavy (non-hydrogen) atoms. The van der Waals surface area contributed by atoms with E-state index in [-0.39, 0.29) is 23.9 Å². The number of hydrogen-bond acceptors (Lipinski definition) is 9. The number of hydrogen-bond donors (Lipinski definition) is 2. The molecule has 0 aliphatic carbocycles. The van der Waals surface area contributed by atoms with Crippen molar-refractivity contribution in [3.05, 3.63) is 118 Å². The quantitative estimate of drug-likeness (QED) is 0.188. The smallest absolute Gasteiger partial charge is 0.416 e. The van der Waals surface area contributed by atoms with Gasteiger partial charge in [0.15, 0.2) is 0 Å². The summed E-state index contributed by atoms with van der Waals surface area (Å²) in [4.78, 5) is 32.9. The Labute approximate surface area is 274 Å². The molecule has 0 spiro atoms. The molecular formula is C34H40N4O6S2. The van der Waals surface area contributed by atoms with E-state index in [1.165, 1.54) is 29.7 Å². The second kappa shape index (κ2) is 16.1. The first kappa shape index (κ1) is 34.9. The SMILES string of the molecule is COC(=O)N(Cc1cnc(C(CO)N(CCC(C)C)S(=O)(=O)c2ccccc2)s1)C(=O)[C@@H](N)C(c1ccccc1)c1ccccc1. The molecule has 0 aliphatic heterocycles. The molecule has 244 valence electrons. The van der Waals surface area contributed by atoms with Crippen LogP contribution in [0.5, 0.6) is 0 Å². The average Bonchev–Trinajstić information content (AvgIpc) is 3.54. The van der Waals surface area contributed by atoms with Crippen LogP contribution in [0.1, 0.15) is 53.2 Å². The number of aromatic nitrogens is 1. The van der Waals surface area contributed by atoms with Crippen molar-refractivity contribution in [2.45, 2.75) is 49.7 Å². The van der Waals surface area contributed by atoms with Gasteiger partial charge in [0.1, 0.15) is 5.01 Å². The Kier molecular flexibility index (Phi) is 12.2. The Balaban J connectivity index is 1.64. The van der Waals surface area contributed by atoms with Crippen LogP contribution < -0.4 is 5.73 Å². The summed E-state index contributed by atoms with van der Waals surface area (Å²) in [6.45, 7) is 3.43. The van der Waals surface area contributed by atoms with Crippen LogP contribution in [-0.2, 0) is 26.1 Å². The van der Waals surface area contributed by atoms with Crippen molar-refractivity contribution >= 4 is 33.4 Å². The molecule has 1 unspecified atom stereocenters. The van der Waals surface area contributed by atoms with Gasteiger partial charge in [-0.3, -0.25) is 4.79 Å². The third-order valence-corrected chi connectivity index (χ3v) is 10.6. The molecule has 0 aliphatic rings. The number of thiazole rings is 1. The van der Waals surface area contributed by atoms with E-state index in [9.17, 15) is 23.1 Å². The molecule has 0 saturated carbocycles. The summed E-state index contributed by atoms with van der Waals surface area (Å²) in [5, 5.41) is 10.8. The third-order valence-electron chi connectivity index (χ3n) is 7.59. The Bertz CT molecular complexity index is 1630. The van der Waals surface area contributed by atoms with Crippen LogP contribution in [0.4, 0.5) is 4.79 Å². The molecule has 2 atom stereocenters. The standard InChI is InChI=1S/C34H40N4O6S2/c1-24(2)19-20-38(46(42,43)28-17-11-6-12-18-28)29(23-39)32-36-21-27(45-32)22-37(34(41)44-3)33(40)31(35)30(25-13-7-4-8-14-25)26-15-9-5-10-16-26/h4-18,21,24,29-31,39H,19-20,22-23,35H2,1-3H3/t29?,31-/m0/s1. The number of rotatable bonds is 14. The lowest BCUT2D eigenvalue weighted by molar-refractivity contribution is -0.131. The summed E-state index contributed by atoms with van der Waals surface area (Å²) >= 11 is 1.11. The van der Waals surface area contributed by atoms with E-state index in [0.717, 1.165) is 27.4 Å². The summed E-state index contributed by atoms with van der Waals surface area (Å²) in [6.07, 6.45) is 1.14. The minimum absolute atomic E-state index is 0.108. The number of aliphatic hydroxyl groups excluding tert-OH is 1. The molecule has 0 radical (unpaired) electrons. The van der Waals surface area contributed by atoms with E-state index in [0.29, 0.717) is 16.3 Å². The fraction of sp³-hybridized carbons (Fsp3) is 0.324. The lowest BCUT2D eigenvalue weighted by Crippen LogP contribution is -2.49. The number of imide groups is 1. The molecule has 0 saturated heterocycles. The highest BCUT2D eigenvalue weighted by molar-refractivity contribution is 7.89. The van der Waals surface area contributed by atoms with Gasteiger partial charge in [0, 0.05) is 23.5 Å². The molecule has 0 fully saturated rings. The summed E-state index contributed by atoms with van der Waals surface area (Å²) < 4.78 is 33.8. The van der Waals surface area contributed by atoms with E-state index in [1.54, 1.807) is 18.2 Å². The molecule has 3 aromatic carbocycles. The van der Waals surface area contributed by atoms with Crippen molar-refractivity contribution < 1.29 is 27.9 Å². The minimum atomic E-state index is -3.99. The highest BCUT2D eigenvalue weighted by Gasteiger charge is 2.36. The van der Waals surface area contributed by atoms with Gasteiger partial charge < -0.3 is 15.6 Å². The fourth-order valence-electron chi connectivity index (χ4n) is 5.15. The number of carbonyl (C=O) groups is 2. The van der Waals surface area contributed by atoms with Crippen molar-refractivity contribution in [1.29, 1.82) is 0 Å². The van der Waals surface area contributed by atoms with Crippen LogP contribution in [0, 0.1) is 5.92 Å². The predicted molar refractivity (Wildman–Crippen MR) is 177 cm³/mol. The van der Waals surface area contributed by atoms with Crippen LogP contribution in [-0.4, -0.2) is 66.0 Å². The zero-order valence-corrected chi connectivity index (χ0v) is 27.7. The largest absolute Gasteiger partial charge is 0.452 e. The number of sulfonamides is 1. The van der Waals surface area contributed by atoms with E-state index in [4.69, 9.17) is 10.5 Å². The molecule has 0 bridgehead atoms. The van der Waals surface area contributed by atoms with Gasteiger partial charge in [0.05, 0.1) is 37.2 Å². The number of ether oxygens (including phenoxy) is 1. The van der Waals surface area contributed by atoms with Gasteiger partial charge >= 0.3 is 6.09 Å². The number of aliphatic hydroxyl groups is 1. The third kappa shape index (κ3) is 8.25. The Hall–Kier alpha value is -3.94. The van der Waals surface area contributed by atoms with Crippen molar-refractivity contribution in [3.8, 4) is 0 Å². The van der Waals surface area contributed by atoms with Crippen molar-refractivity contribution in [1.82, 2.24) is 14.2 Å². The zero-order chi connectivity index (χ0) is 33.3. The molecule has 2 amide bonds. The molecule has 1 aromatic heterocycles. The molecule has 12 heteroatoms. The number of amides is 2. The molecule has 3 N–H and O–H groups in total. The summed E-state index contributed by atoms with van der Waals surface area (Å²) in [6, 6.07) is 24.6. The van der Waals surface area contributed by atoms with Gasteiger partial charge in [-0.05, 0) is 35.6 Å². The van der Waals surface area contributed by atoms with E-state index >= 15 is 0 Å². The molecule has 10 nitrogen and oxygen atoms in total. The Morgan fingerprint density at radius 3 is 1.98 bits per heavy atom. The summed E-state index contributed by atoms with van der Waals surface area (Å²) in [7, 11) is -2.81. The van der Waals surface area contributed by atoms with Gasteiger partial charge in [-0.15, -0.1) is 11.3 Å². The second-order valence-electron chi connectivity index (χ2n) is 11.2. The van der Waals surface area contributed by atoms with Crippen LogP contribution in [0.25, 0.3) is 0 Å². The van der Waals surface area contributed by atoms with Gasteiger partial charge in [0.2, 0.25) is 15.9 Å². The highest BCUT2D eigenvalue weighted by atomic mass is 32.2. The van der Waals surface area contributed by atoms with Crippen molar-refractivity contribution in [2.24, 2.45) is 11.7 Å². The van der Waals surface area contributed by atoms with Crippen molar-refractivity contribution in [3.63, 3.8) is 0 Å². The van der Waals surface area contributed by atoms with E-state index in [2.05, 4.69) is 4.98 Å². The maximum absolute atomic E-state index is 13.9. The lowest BCUT2D eigenvalue weighted by Gasteiger charge is -2.29. The number of methoxy groups -OCH3 is 1. The van der Waals surface area contributed by atoms with Gasteiger partial charge in [0.25, 0.3) is 0 Å². The van der Waals surface area contributed by atoms with Crippen LogP contribution in [0.3, 0.4) is 0 Å². The maximum atomic E-state index is 13.9. The number of nitrogens with zero attached hydrogens (tertiary/aromatic N) is 3. The Morgan fingerprint density at radius 1 is 0.935 bits per heavy atom. The topological polar surface area (TPSA) is 143 Å². The first-order chi connectivity index (χ1) is 22.1. The Morgan fingerprint density at radius 2 is 1.48 bits per heavy atom. The summed E-state index contributed by atoms with van der Waals surface area (Å²) in [5.74, 6) is -0.988. The van der Waals surface area contributed by atoms with Gasteiger partial charge in [-0.25, -0.2) is 23.1 Å². The zero-order valence-electron chi connectivity index (χ0n) is 26.1. The average molecular weight is 665 g/mol. The number of carbonyl (C=O) groups excluding carboxylic acids is 2. The van der Waals surface area contributed by atoms with Crippen LogP contribution >= 0.6 is 11.3 Å². The minimum Gasteiger partial charge on any atom is -0.452 e. The van der Waals surface area contributed by atoms with Crippen LogP contribution in [0.2, 0.25) is 0 Å². The fourth-order valence-corrected chi connectivity index (χ4v) is 7.84. The maximum Gasteiger partial charge on any atom is 0.416 e. The molecule has 1 heterocycles. The number of nitrogens with two attached hydrogens (primary N) is 1.